The highest BCUT2D eigenvalue weighted by atomic mass is 16.5. The molecule has 2 aromatic carbocycles. The Morgan fingerprint density at radius 3 is 2.63 bits per heavy atom. The highest BCUT2D eigenvalue weighted by Gasteiger charge is 2.42. The summed E-state index contributed by atoms with van der Waals surface area (Å²) in [6.45, 7) is 0.882. The smallest absolute Gasteiger partial charge is 0.119 e. The minimum Gasteiger partial charge on any atom is -0.497 e. The van der Waals surface area contributed by atoms with Crippen LogP contribution in [0.5, 0.6) is 5.75 Å². The third kappa shape index (κ3) is 4.79. The average Bonchev–Trinajstić information content (AvgIpc) is 2.66. The zero-order valence-electron chi connectivity index (χ0n) is 16.7. The van der Waals surface area contributed by atoms with Gasteiger partial charge in [-0.3, -0.25) is 0 Å². The highest BCUT2D eigenvalue weighted by Crippen LogP contribution is 2.42. The Morgan fingerprint density at radius 1 is 1.15 bits per heavy atom. The van der Waals surface area contributed by atoms with Crippen LogP contribution in [0, 0.1) is 5.92 Å². The van der Waals surface area contributed by atoms with Crippen molar-refractivity contribution in [3.8, 4) is 5.75 Å². The van der Waals surface area contributed by atoms with Crippen molar-refractivity contribution in [2.75, 3.05) is 27.7 Å². The molecule has 0 saturated heterocycles. The fourth-order valence-corrected chi connectivity index (χ4v) is 4.24. The second-order valence-corrected chi connectivity index (χ2v) is 7.88. The van der Waals surface area contributed by atoms with Crippen LogP contribution in [0.15, 0.2) is 60.2 Å². The van der Waals surface area contributed by atoms with Gasteiger partial charge in [0.15, 0.2) is 0 Å². The molecule has 2 unspecified atom stereocenters. The molecule has 144 valence electrons. The Morgan fingerprint density at radius 2 is 1.93 bits per heavy atom. The van der Waals surface area contributed by atoms with Crippen molar-refractivity contribution in [2.24, 2.45) is 5.92 Å². The average molecular weight is 366 g/mol. The van der Waals surface area contributed by atoms with Crippen molar-refractivity contribution in [1.29, 1.82) is 0 Å². The maximum Gasteiger partial charge on any atom is 0.119 e. The van der Waals surface area contributed by atoms with E-state index in [1.807, 2.05) is 36.4 Å². The predicted molar refractivity (Wildman–Crippen MR) is 112 cm³/mol. The summed E-state index contributed by atoms with van der Waals surface area (Å²) in [5.41, 5.74) is 2.57. The number of hydrogen-bond acceptors (Lipinski definition) is 3. The molecule has 0 amide bonds. The third-order valence-corrected chi connectivity index (χ3v) is 5.56. The number of ether oxygens (including phenoxy) is 1. The molecule has 1 saturated carbocycles. The Hall–Kier alpha value is -2.10. The summed E-state index contributed by atoms with van der Waals surface area (Å²) in [7, 11) is 5.85. The Balaban J connectivity index is 1.98. The van der Waals surface area contributed by atoms with E-state index in [0.717, 1.165) is 48.3 Å². The SMILES string of the molecule is COc1cccc(CC2(O)/C(=C\c3ccccc3)CCCC2CN(C)C)c1. The Bertz CT molecular complexity index is 769. The zero-order valence-corrected chi connectivity index (χ0v) is 16.7. The molecule has 27 heavy (non-hydrogen) atoms. The fraction of sp³-hybridized carbons (Fsp3) is 0.417. The predicted octanol–water partition coefficient (Wildman–Crippen LogP) is 4.41. The van der Waals surface area contributed by atoms with Crippen LogP contribution < -0.4 is 4.74 Å². The number of methoxy groups -OCH3 is 1. The lowest BCUT2D eigenvalue weighted by Gasteiger charge is -2.43. The standard InChI is InChI=1S/C24H31NO2/c1-25(2)18-22-13-8-12-21(15-19-9-5-4-6-10-19)24(22,26)17-20-11-7-14-23(16-20)27-3/h4-7,9-11,14-16,22,26H,8,12-13,17-18H2,1-3H3/b21-15-. The first-order valence-electron chi connectivity index (χ1n) is 9.77. The molecule has 2 atom stereocenters. The molecule has 1 aliphatic rings. The molecule has 3 nitrogen and oxygen atoms in total. The molecule has 1 aliphatic carbocycles. The molecule has 0 aliphatic heterocycles. The van der Waals surface area contributed by atoms with Gasteiger partial charge in [-0.25, -0.2) is 0 Å². The molecule has 1 N–H and O–H groups in total. The topological polar surface area (TPSA) is 32.7 Å². The van der Waals surface area contributed by atoms with E-state index in [4.69, 9.17) is 4.74 Å². The van der Waals surface area contributed by atoms with Crippen LogP contribution in [-0.2, 0) is 6.42 Å². The van der Waals surface area contributed by atoms with Gasteiger partial charge < -0.3 is 14.7 Å². The van der Waals surface area contributed by atoms with E-state index in [1.165, 1.54) is 0 Å². The van der Waals surface area contributed by atoms with E-state index in [0.29, 0.717) is 6.42 Å². The van der Waals surface area contributed by atoms with Crippen LogP contribution in [0.25, 0.3) is 6.08 Å². The zero-order chi connectivity index (χ0) is 19.3. The summed E-state index contributed by atoms with van der Waals surface area (Å²) in [4.78, 5) is 2.19. The minimum atomic E-state index is -0.843. The summed E-state index contributed by atoms with van der Waals surface area (Å²) in [5.74, 6) is 1.05. The number of nitrogens with zero attached hydrogens (tertiary/aromatic N) is 1. The van der Waals surface area contributed by atoms with Crippen molar-refractivity contribution in [2.45, 2.75) is 31.3 Å². The van der Waals surface area contributed by atoms with E-state index in [-0.39, 0.29) is 5.92 Å². The van der Waals surface area contributed by atoms with Crippen LogP contribution in [0.4, 0.5) is 0 Å². The third-order valence-electron chi connectivity index (χ3n) is 5.56. The van der Waals surface area contributed by atoms with Gasteiger partial charge in [-0.2, -0.15) is 0 Å². The molecule has 3 rings (SSSR count). The maximum atomic E-state index is 12.0. The quantitative estimate of drug-likeness (QED) is 0.823. The van der Waals surface area contributed by atoms with Gasteiger partial charge in [0, 0.05) is 18.9 Å². The molecule has 0 heterocycles. The summed E-state index contributed by atoms with van der Waals surface area (Å²) in [6.07, 6.45) is 5.92. The van der Waals surface area contributed by atoms with Crippen LogP contribution in [-0.4, -0.2) is 43.4 Å². The van der Waals surface area contributed by atoms with Crippen molar-refractivity contribution >= 4 is 6.08 Å². The maximum absolute atomic E-state index is 12.0. The van der Waals surface area contributed by atoms with E-state index >= 15 is 0 Å². The molecule has 0 bridgehead atoms. The monoisotopic (exact) mass is 365 g/mol. The van der Waals surface area contributed by atoms with Gasteiger partial charge in [-0.05, 0) is 62.2 Å². The van der Waals surface area contributed by atoms with Crippen molar-refractivity contribution in [1.82, 2.24) is 4.90 Å². The lowest BCUT2D eigenvalue weighted by atomic mass is 9.68. The number of hydrogen-bond donors (Lipinski definition) is 1. The van der Waals surface area contributed by atoms with E-state index in [2.05, 4.69) is 43.3 Å². The van der Waals surface area contributed by atoms with Gasteiger partial charge in [-0.15, -0.1) is 0 Å². The Kier molecular flexibility index (Phi) is 6.35. The van der Waals surface area contributed by atoms with Crippen LogP contribution >= 0.6 is 0 Å². The first-order chi connectivity index (χ1) is 13.0. The second-order valence-electron chi connectivity index (χ2n) is 7.88. The first-order valence-corrected chi connectivity index (χ1v) is 9.77. The summed E-state index contributed by atoms with van der Waals surface area (Å²) < 4.78 is 5.39. The van der Waals surface area contributed by atoms with Crippen molar-refractivity contribution < 1.29 is 9.84 Å². The summed E-state index contributed by atoms with van der Waals surface area (Å²) in [5, 5.41) is 12.0. The second kappa shape index (κ2) is 8.73. The van der Waals surface area contributed by atoms with Gasteiger partial charge in [0.05, 0.1) is 12.7 Å². The molecular weight excluding hydrogens is 334 g/mol. The largest absolute Gasteiger partial charge is 0.497 e. The first kappa shape index (κ1) is 19.7. The molecule has 0 radical (unpaired) electrons. The molecule has 1 fully saturated rings. The van der Waals surface area contributed by atoms with E-state index < -0.39 is 5.60 Å². The Labute approximate surface area is 163 Å². The van der Waals surface area contributed by atoms with Gasteiger partial charge >= 0.3 is 0 Å². The molecule has 0 spiro atoms. The number of aliphatic hydroxyl groups is 1. The lowest BCUT2D eigenvalue weighted by Crippen LogP contribution is -2.48. The van der Waals surface area contributed by atoms with E-state index in [1.54, 1.807) is 7.11 Å². The highest BCUT2D eigenvalue weighted by molar-refractivity contribution is 5.56. The van der Waals surface area contributed by atoms with Crippen molar-refractivity contribution in [3.05, 3.63) is 71.3 Å². The number of rotatable bonds is 6. The molecule has 0 aromatic heterocycles. The summed E-state index contributed by atoms with van der Waals surface area (Å²) in [6, 6.07) is 18.4. The van der Waals surface area contributed by atoms with Gasteiger partial charge in [0.1, 0.15) is 5.75 Å². The lowest BCUT2D eigenvalue weighted by molar-refractivity contribution is -0.0123. The molecular formula is C24H31NO2. The number of benzene rings is 2. The molecule has 2 aromatic rings. The fourth-order valence-electron chi connectivity index (χ4n) is 4.24. The van der Waals surface area contributed by atoms with Crippen LogP contribution in [0.2, 0.25) is 0 Å². The van der Waals surface area contributed by atoms with Gasteiger partial charge in [-0.1, -0.05) is 48.5 Å². The van der Waals surface area contributed by atoms with Crippen molar-refractivity contribution in [3.63, 3.8) is 0 Å². The molecule has 3 heteroatoms. The van der Waals surface area contributed by atoms with Gasteiger partial charge in [0.25, 0.3) is 0 Å². The van der Waals surface area contributed by atoms with E-state index in [9.17, 15) is 5.11 Å². The van der Waals surface area contributed by atoms with Gasteiger partial charge in [0.2, 0.25) is 0 Å². The summed E-state index contributed by atoms with van der Waals surface area (Å²) >= 11 is 0. The minimum absolute atomic E-state index is 0.211. The normalized spacial score (nSPS) is 24.3. The van der Waals surface area contributed by atoms with Crippen LogP contribution in [0.1, 0.15) is 30.4 Å². The van der Waals surface area contributed by atoms with Crippen LogP contribution in [0.3, 0.4) is 0 Å².